The summed E-state index contributed by atoms with van der Waals surface area (Å²) in [6.07, 6.45) is 1.71. The van der Waals surface area contributed by atoms with E-state index in [0.717, 1.165) is 13.1 Å². The highest BCUT2D eigenvalue weighted by atomic mass is 35.5. The summed E-state index contributed by atoms with van der Waals surface area (Å²) in [5.41, 5.74) is 1.16. The van der Waals surface area contributed by atoms with Crippen LogP contribution in [0.1, 0.15) is 34.7 Å². The minimum Gasteiger partial charge on any atom is -0.346 e. The van der Waals surface area contributed by atoms with Crippen LogP contribution in [-0.2, 0) is 7.05 Å². The molecule has 106 valence electrons. The molecule has 2 heterocycles. The predicted octanol–water partition coefficient (Wildman–Crippen LogP) is 1.08. The highest BCUT2D eigenvalue weighted by molar-refractivity contribution is 5.99. The number of hydrogen-bond acceptors (Lipinski definition) is 3. The Kier molecular flexibility index (Phi) is 5.14. The molecule has 1 aliphatic rings. The molecule has 1 aliphatic heterocycles. The lowest BCUT2D eigenvalue weighted by atomic mass is 10.2. The van der Waals surface area contributed by atoms with Crippen LogP contribution in [0.25, 0.3) is 0 Å². The number of nitrogens with zero attached hydrogens (tertiary/aromatic N) is 2. The summed E-state index contributed by atoms with van der Waals surface area (Å²) in [7, 11) is 1.80. The van der Waals surface area contributed by atoms with Crippen molar-refractivity contribution in [1.29, 1.82) is 0 Å². The smallest absolute Gasteiger partial charge is 0.270 e. The third kappa shape index (κ3) is 3.16. The van der Waals surface area contributed by atoms with E-state index in [1.807, 2.05) is 11.8 Å². The maximum atomic E-state index is 12.4. The van der Waals surface area contributed by atoms with Crippen LogP contribution in [0.5, 0.6) is 0 Å². The molecule has 1 saturated heterocycles. The van der Waals surface area contributed by atoms with Crippen LogP contribution in [0.2, 0.25) is 0 Å². The molecule has 1 aromatic heterocycles. The Balaban J connectivity index is 0.00000180. The van der Waals surface area contributed by atoms with E-state index in [2.05, 4.69) is 5.32 Å². The number of ketones is 1. The topological polar surface area (TPSA) is 54.3 Å². The molecule has 0 aromatic carbocycles. The molecule has 1 fully saturated rings. The van der Waals surface area contributed by atoms with Gasteiger partial charge in [-0.25, -0.2) is 0 Å². The van der Waals surface area contributed by atoms with Crippen molar-refractivity contribution in [2.75, 3.05) is 19.6 Å². The Morgan fingerprint density at radius 2 is 2.11 bits per heavy atom. The second kappa shape index (κ2) is 6.21. The molecule has 19 heavy (non-hydrogen) atoms. The molecule has 0 aliphatic carbocycles. The van der Waals surface area contributed by atoms with Gasteiger partial charge in [0, 0.05) is 44.5 Å². The maximum absolute atomic E-state index is 12.4. The van der Waals surface area contributed by atoms with E-state index in [0.29, 0.717) is 17.8 Å². The van der Waals surface area contributed by atoms with Crippen molar-refractivity contribution in [1.82, 2.24) is 14.8 Å². The van der Waals surface area contributed by atoms with Gasteiger partial charge in [0.05, 0.1) is 0 Å². The molecule has 0 radical (unpaired) electrons. The monoisotopic (exact) mass is 285 g/mol. The van der Waals surface area contributed by atoms with E-state index in [9.17, 15) is 9.59 Å². The van der Waals surface area contributed by atoms with E-state index in [1.54, 1.807) is 23.9 Å². The number of halogens is 1. The second-order valence-corrected chi connectivity index (χ2v) is 4.83. The van der Waals surface area contributed by atoms with Crippen LogP contribution in [0.3, 0.4) is 0 Å². The van der Waals surface area contributed by atoms with E-state index in [4.69, 9.17) is 0 Å². The van der Waals surface area contributed by atoms with E-state index < -0.39 is 0 Å². The summed E-state index contributed by atoms with van der Waals surface area (Å²) < 4.78 is 1.73. The quantitative estimate of drug-likeness (QED) is 0.828. The van der Waals surface area contributed by atoms with Gasteiger partial charge in [0.1, 0.15) is 5.69 Å². The number of piperazine rings is 1. The number of aryl methyl sites for hydroxylation is 1. The third-order valence-electron chi connectivity index (χ3n) is 3.39. The number of aromatic nitrogens is 1. The highest BCUT2D eigenvalue weighted by Gasteiger charge is 2.26. The van der Waals surface area contributed by atoms with Crippen LogP contribution < -0.4 is 5.32 Å². The predicted molar refractivity (Wildman–Crippen MR) is 76.0 cm³/mol. The van der Waals surface area contributed by atoms with Gasteiger partial charge in [0.15, 0.2) is 5.78 Å². The highest BCUT2D eigenvalue weighted by Crippen LogP contribution is 2.13. The number of rotatable bonds is 2. The molecule has 0 bridgehead atoms. The molecule has 0 spiro atoms. The lowest BCUT2D eigenvalue weighted by Crippen LogP contribution is -2.52. The van der Waals surface area contributed by atoms with E-state index >= 15 is 0 Å². The molecule has 2 rings (SSSR count). The summed E-state index contributed by atoms with van der Waals surface area (Å²) in [6.45, 7) is 5.88. The fourth-order valence-electron chi connectivity index (χ4n) is 2.26. The Hall–Kier alpha value is -1.33. The summed E-state index contributed by atoms with van der Waals surface area (Å²) in [4.78, 5) is 25.6. The summed E-state index contributed by atoms with van der Waals surface area (Å²) >= 11 is 0. The molecule has 1 aromatic rings. The number of amides is 1. The van der Waals surface area contributed by atoms with Crippen LogP contribution >= 0.6 is 12.4 Å². The minimum atomic E-state index is -0.0157. The first kappa shape index (κ1) is 15.7. The van der Waals surface area contributed by atoms with E-state index in [-0.39, 0.29) is 30.1 Å². The van der Waals surface area contributed by atoms with Gasteiger partial charge < -0.3 is 14.8 Å². The van der Waals surface area contributed by atoms with Crippen LogP contribution in [0, 0.1) is 0 Å². The van der Waals surface area contributed by atoms with Crippen molar-refractivity contribution in [2.24, 2.45) is 7.05 Å². The number of carbonyl (C=O) groups is 2. The fourth-order valence-corrected chi connectivity index (χ4v) is 2.26. The van der Waals surface area contributed by atoms with Gasteiger partial charge in [-0.2, -0.15) is 0 Å². The second-order valence-electron chi connectivity index (χ2n) is 4.83. The van der Waals surface area contributed by atoms with Crippen molar-refractivity contribution < 1.29 is 9.59 Å². The Bertz CT molecular complexity index is 484. The molecule has 0 unspecified atom stereocenters. The third-order valence-corrected chi connectivity index (χ3v) is 3.39. The van der Waals surface area contributed by atoms with Crippen molar-refractivity contribution >= 4 is 24.1 Å². The van der Waals surface area contributed by atoms with Gasteiger partial charge in [0.2, 0.25) is 0 Å². The fraction of sp³-hybridized carbons (Fsp3) is 0.538. The number of nitrogens with one attached hydrogen (secondary N) is 1. The lowest BCUT2D eigenvalue weighted by molar-refractivity contribution is 0.0646. The van der Waals surface area contributed by atoms with Crippen molar-refractivity contribution in [3.05, 3.63) is 23.5 Å². The van der Waals surface area contributed by atoms with E-state index in [1.165, 1.54) is 6.92 Å². The largest absolute Gasteiger partial charge is 0.346 e. The van der Waals surface area contributed by atoms with Gasteiger partial charge in [-0.05, 0) is 19.9 Å². The molecule has 1 atom stereocenters. The molecule has 6 heteroatoms. The normalized spacial score (nSPS) is 18.9. The van der Waals surface area contributed by atoms with Crippen LogP contribution in [0.15, 0.2) is 12.3 Å². The molecular weight excluding hydrogens is 266 g/mol. The summed E-state index contributed by atoms with van der Waals surface area (Å²) in [5, 5.41) is 3.25. The molecule has 5 nitrogen and oxygen atoms in total. The summed E-state index contributed by atoms with van der Waals surface area (Å²) in [6, 6.07) is 1.86. The lowest BCUT2D eigenvalue weighted by Gasteiger charge is -2.34. The number of Topliss-reactive ketones (excluding diaryl/α,β-unsaturated/α-hetero) is 1. The van der Waals surface area contributed by atoms with Gasteiger partial charge in [-0.15, -0.1) is 12.4 Å². The Morgan fingerprint density at radius 3 is 2.63 bits per heavy atom. The zero-order valence-electron chi connectivity index (χ0n) is 11.5. The molecule has 0 saturated carbocycles. The number of hydrogen-bond donors (Lipinski definition) is 1. The first-order chi connectivity index (χ1) is 8.50. The molecule has 1 amide bonds. The van der Waals surface area contributed by atoms with Crippen LogP contribution in [0.4, 0.5) is 0 Å². The Labute approximate surface area is 119 Å². The van der Waals surface area contributed by atoms with Crippen molar-refractivity contribution in [3.8, 4) is 0 Å². The number of carbonyl (C=O) groups excluding carboxylic acids is 2. The van der Waals surface area contributed by atoms with Gasteiger partial charge in [0.25, 0.3) is 5.91 Å². The first-order valence-corrected chi connectivity index (χ1v) is 6.19. The zero-order valence-corrected chi connectivity index (χ0v) is 12.3. The first-order valence-electron chi connectivity index (χ1n) is 6.19. The van der Waals surface area contributed by atoms with Gasteiger partial charge in [-0.1, -0.05) is 0 Å². The average Bonchev–Trinajstić information content (AvgIpc) is 2.71. The maximum Gasteiger partial charge on any atom is 0.270 e. The summed E-state index contributed by atoms with van der Waals surface area (Å²) in [5.74, 6) is -0.0167. The molecular formula is C13H20ClN3O2. The van der Waals surface area contributed by atoms with Crippen LogP contribution in [-0.4, -0.2) is 46.8 Å². The zero-order chi connectivity index (χ0) is 13.3. The van der Waals surface area contributed by atoms with Crippen molar-refractivity contribution in [2.45, 2.75) is 19.9 Å². The standard InChI is InChI=1S/C13H19N3O2.ClH/c1-9-7-14-4-5-16(9)13(18)12-6-11(10(2)17)8-15(12)3;/h6,8-9,14H,4-5,7H2,1-3H3;1H/t9-;/m0./s1. The minimum absolute atomic E-state index is 0. The molecule has 1 N–H and O–H groups in total. The van der Waals surface area contributed by atoms with Gasteiger partial charge >= 0.3 is 0 Å². The van der Waals surface area contributed by atoms with Crippen molar-refractivity contribution in [3.63, 3.8) is 0 Å². The SMILES string of the molecule is CC(=O)c1cc(C(=O)N2CCNC[C@@H]2C)n(C)c1.Cl. The average molecular weight is 286 g/mol. The van der Waals surface area contributed by atoms with Gasteiger partial charge in [-0.3, -0.25) is 9.59 Å². The Morgan fingerprint density at radius 1 is 1.42 bits per heavy atom.